The lowest BCUT2D eigenvalue weighted by Crippen LogP contribution is -1.89. The van der Waals surface area contributed by atoms with Gasteiger partial charge in [0.2, 0.25) is 0 Å². The van der Waals surface area contributed by atoms with Gasteiger partial charge in [-0.05, 0) is 17.5 Å². The number of benzene rings is 1. The van der Waals surface area contributed by atoms with Crippen LogP contribution in [0.4, 0.5) is 0 Å². The van der Waals surface area contributed by atoms with E-state index in [1.54, 1.807) is 0 Å². The van der Waals surface area contributed by atoms with Crippen LogP contribution in [-0.4, -0.2) is 30.4 Å². The third-order valence-electron chi connectivity index (χ3n) is 2.34. The summed E-state index contributed by atoms with van der Waals surface area (Å²) < 4.78 is 0. The lowest BCUT2D eigenvalue weighted by atomic mass is 9.99. The summed E-state index contributed by atoms with van der Waals surface area (Å²) in [6.07, 6.45) is 5.74. The van der Waals surface area contributed by atoms with E-state index in [-0.39, 0.29) is 0 Å². The molecule has 1 aromatic carbocycles. The number of hydrogen-bond acceptors (Lipinski definition) is 0. The molecule has 1 aromatic rings. The highest BCUT2D eigenvalue weighted by Crippen LogP contribution is 2.31. The fourth-order valence-electron chi connectivity index (χ4n) is 1.68. The third kappa shape index (κ3) is 6.50. The minimum absolute atomic E-state index is 0.672. The molecule has 0 nitrogen and oxygen atoms in total. The summed E-state index contributed by atoms with van der Waals surface area (Å²) in [7, 11) is 0. The smallest absolute Gasteiger partial charge is 0.115 e. The quantitative estimate of drug-likeness (QED) is 0.636. The van der Waals surface area contributed by atoms with E-state index in [1.807, 2.05) is 0 Å². The van der Waals surface area contributed by atoms with Crippen molar-refractivity contribution in [2.45, 2.75) is 42.4 Å². The number of rotatable bonds is 1. The first-order chi connectivity index (χ1) is 8.24. The predicted octanol–water partition coefficient (Wildman–Crippen LogP) is 4.78. The van der Waals surface area contributed by atoms with Gasteiger partial charge in [-0.1, -0.05) is 43.3 Å². The van der Waals surface area contributed by atoms with E-state index in [2.05, 4.69) is 66.5 Å². The molecule has 0 saturated heterocycles. The van der Waals surface area contributed by atoms with Crippen molar-refractivity contribution in [1.82, 2.24) is 0 Å². The third-order valence-corrected chi connectivity index (χ3v) is 2.34. The molecule has 0 aliphatic heterocycles. The standard InChI is InChI=1S/C11H12.4CH3.2Al/c1-2-9-7-8-10-5-3-4-6-11(9)10;;;;;;/h3-9H,2H2,1H3;4*1H3;;. The number of allylic oxidation sites excluding steroid dienone is 1. The molecule has 0 saturated carbocycles. The average Bonchev–Trinajstić information content (AvgIpc) is 2.74. The summed E-state index contributed by atoms with van der Waals surface area (Å²) in [5.74, 6) is 9.51. The molecule has 0 aromatic heterocycles. The van der Waals surface area contributed by atoms with Crippen molar-refractivity contribution in [1.29, 1.82) is 0 Å². The summed E-state index contributed by atoms with van der Waals surface area (Å²) in [4.78, 5) is 0. The highest BCUT2D eigenvalue weighted by Gasteiger charge is 2.13. The molecule has 0 spiro atoms. The van der Waals surface area contributed by atoms with Crippen LogP contribution in [-0.2, 0) is 0 Å². The Bertz CT molecular complexity index is 316. The molecular formula is C15H24Al2. The van der Waals surface area contributed by atoms with Gasteiger partial charge in [-0.15, -0.1) is 23.1 Å². The van der Waals surface area contributed by atoms with E-state index in [0.717, 1.165) is 30.4 Å². The molecule has 17 heavy (non-hydrogen) atoms. The molecule has 0 amide bonds. The topological polar surface area (TPSA) is 0 Å². The van der Waals surface area contributed by atoms with Gasteiger partial charge in [-0.2, -0.15) is 0 Å². The summed E-state index contributed by atoms with van der Waals surface area (Å²) in [5.41, 5.74) is 2.90. The van der Waals surface area contributed by atoms with E-state index in [4.69, 9.17) is 0 Å². The molecule has 2 rings (SSSR count). The Labute approximate surface area is 120 Å². The van der Waals surface area contributed by atoms with Crippen molar-refractivity contribution >= 4 is 36.5 Å². The second-order valence-corrected chi connectivity index (χ2v) is 6.47. The second-order valence-electron chi connectivity index (χ2n) is 4.16. The van der Waals surface area contributed by atoms with Gasteiger partial charge in [-0.3, -0.25) is 0 Å². The summed E-state index contributed by atoms with van der Waals surface area (Å²) in [5, 5.41) is 0. The van der Waals surface area contributed by atoms with Crippen LogP contribution in [0.1, 0.15) is 30.4 Å². The van der Waals surface area contributed by atoms with E-state index >= 15 is 0 Å². The van der Waals surface area contributed by atoms with Crippen molar-refractivity contribution in [2.24, 2.45) is 0 Å². The Kier molecular flexibility index (Phi) is 11.2. The van der Waals surface area contributed by atoms with Crippen LogP contribution in [0.2, 0.25) is 23.1 Å². The zero-order valence-corrected chi connectivity index (χ0v) is 14.2. The van der Waals surface area contributed by atoms with Gasteiger partial charge in [0.1, 0.15) is 0 Å². The fraction of sp³-hybridized carbons (Fsp3) is 0.467. The molecule has 1 aliphatic carbocycles. The molecule has 2 radical (unpaired) electrons. The van der Waals surface area contributed by atoms with Crippen molar-refractivity contribution < 1.29 is 0 Å². The first-order valence-electron chi connectivity index (χ1n) is 6.50. The largest absolute Gasteiger partial charge is 0.191 e. The van der Waals surface area contributed by atoms with Crippen LogP contribution in [0.3, 0.4) is 0 Å². The predicted molar refractivity (Wildman–Crippen MR) is 83.5 cm³/mol. The van der Waals surface area contributed by atoms with Crippen LogP contribution < -0.4 is 0 Å². The molecular weight excluding hydrogens is 234 g/mol. The Balaban J connectivity index is 0.000000366. The van der Waals surface area contributed by atoms with Gasteiger partial charge >= 0.3 is 0 Å². The highest BCUT2D eigenvalue weighted by molar-refractivity contribution is 6.31. The molecule has 0 bridgehead atoms. The van der Waals surface area contributed by atoms with Crippen LogP contribution >= 0.6 is 0 Å². The van der Waals surface area contributed by atoms with Gasteiger partial charge < -0.3 is 0 Å². The number of hydrogen-bond donors (Lipinski definition) is 0. The van der Waals surface area contributed by atoms with Crippen LogP contribution in [0.5, 0.6) is 0 Å². The van der Waals surface area contributed by atoms with E-state index in [9.17, 15) is 0 Å². The van der Waals surface area contributed by atoms with Gasteiger partial charge in [0, 0.05) is 5.92 Å². The lowest BCUT2D eigenvalue weighted by molar-refractivity contribution is 0.818. The van der Waals surface area contributed by atoms with E-state index in [1.165, 1.54) is 17.5 Å². The number of fused-ring (bicyclic) bond motifs is 1. The van der Waals surface area contributed by atoms with Crippen molar-refractivity contribution in [3.8, 4) is 0 Å². The maximum Gasteiger partial charge on any atom is 0.191 e. The molecule has 2 heteroatoms. The molecule has 0 fully saturated rings. The van der Waals surface area contributed by atoms with Gasteiger partial charge in [0.25, 0.3) is 0 Å². The maximum atomic E-state index is 2.30. The second kappa shape index (κ2) is 11.1. The normalized spacial score (nSPS) is 14.8. The average molecular weight is 258 g/mol. The Hall–Kier alpha value is 0.0249. The Morgan fingerprint density at radius 1 is 1.00 bits per heavy atom. The van der Waals surface area contributed by atoms with Crippen LogP contribution in [0.15, 0.2) is 30.3 Å². The van der Waals surface area contributed by atoms with Crippen LogP contribution in [0.25, 0.3) is 6.08 Å². The fourth-order valence-corrected chi connectivity index (χ4v) is 1.68. The van der Waals surface area contributed by atoms with Crippen LogP contribution in [0, 0.1) is 0 Å². The first-order valence-corrected chi connectivity index (χ1v) is 11.1. The molecule has 1 aliphatic rings. The highest BCUT2D eigenvalue weighted by atomic mass is 27.1. The van der Waals surface area contributed by atoms with Gasteiger partial charge in [0.15, 0.2) is 30.4 Å². The zero-order valence-electron chi connectivity index (χ0n) is 11.9. The first kappa shape index (κ1) is 17.0. The van der Waals surface area contributed by atoms with Crippen molar-refractivity contribution in [3.05, 3.63) is 41.5 Å². The van der Waals surface area contributed by atoms with E-state index < -0.39 is 0 Å². The van der Waals surface area contributed by atoms with Gasteiger partial charge in [0.05, 0.1) is 0 Å². The Morgan fingerprint density at radius 2 is 1.53 bits per heavy atom. The lowest BCUT2D eigenvalue weighted by Gasteiger charge is -2.05. The molecule has 90 valence electrons. The van der Waals surface area contributed by atoms with Gasteiger partial charge in [-0.25, -0.2) is 0 Å². The zero-order chi connectivity index (χ0) is 13.1. The maximum absolute atomic E-state index is 2.30. The van der Waals surface area contributed by atoms with Crippen molar-refractivity contribution in [3.63, 3.8) is 0 Å². The minimum Gasteiger partial charge on any atom is -0.115 e. The Morgan fingerprint density at radius 3 is 2.06 bits per heavy atom. The monoisotopic (exact) mass is 258 g/mol. The van der Waals surface area contributed by atoms with E-state index in [0.29, 0.717) is 5.92 Å². The summed E-state index contributed by atoms with van der Waals surface area (Å²) in [6.45, 7) is 2.23. The molecule has 0 N–H and O–H groups in total. The molecule has 0 heterocycles. The SMILES string of the molecule is CCC1C=Cc2ccccc21.[CH3][Al][CH3].[CH3][Al][CH3]. The minimum atomic E-state index is 0.672. The summed E-state index contributed by atoms with van der Waals surface area (Å²) >= 11 is 1.50. The molecule has 1 atom stereocenters. The summed E-state index contributed by atoms with van der Waals surface area (Å²) in [6, 6.07) is 8.63. The molecule has 1 unspecified atom stereocenters. The van der Waals surface area contributed by atoms with Crippen molar-refractivity contribution in [2.75, 3.05) is 0 Å².